The smallest absolute Gasteiger partial charge is 0.257 e. The molecule has 1 aliphatic heterocycles. The zero-order valence-electron chi connectivity index (χ0n) is 13.4. The third-order valence-electron chi connectivity index (χ3n) is 3.97. The minimum atomic E-state index is 0.0414. The molecule has 0 unspecified atom stereocenters. The van der Waals surface area contributed by atoms with Gasteiger partial charge in [-0.05, 0) is 26.0 Å². The zero-order chi connectivity index (χ0) is 16.2. The molecular weight excluding hydrogens is 312 g/mol. The predicted molar refractivity (Wildman–Crippen MR) is 90.0 cm³/mol. The van der Waals surface area contributed by atoms with Gasteiger partial charge in [-0.25, -0.2) is 0 Å². The van der Waals surface area contributed by atoms with E-state index in [0.29, 0.717) is 17.9 Å². The second-order valence-electron chi connectivity index (χ2n) is 5.49. The van der Waals surface area contributed by atoms with Crippen molar-refractivity contribution in [3.05, 3.63) is 46.8 Å². The van der Waals surface area contributed by atoms with E-state index in [4.69, 9.17) is 9.26 Å². The molecule has 0 N–H and O–H groups in total. The summed E-state index contributed by atoms with van der Waals surface area (Å²) in [5, 5.41) is 3.93. The van der Waals surface area contributed by atoms with Crippen LogP contribution in [0.4, 0.5) is 0 Å². The van der Waals surface area contributed by atoms with Crippen LogP contribution >= 0.6 is 11.8 Å². The third kappa shape index (κ3) is 3.52. The summed E-state index contributed by atoms with van der Waals surface area (Å²) in [6.45, 7) is 5.68. The van der Waals surface area contributed by atoms with E-state index < -0.39 is 0 Å². The van der Waals surface area contributed by atoms with Gasteiger partial charge in [0, 0.05) is 24.6 Å². The first-order chi connectivity index (χ1) is 11.2. The Morgan fingerprint density at radius 2 is 2.04 bits per heavy atom. The molecule has 0 saturated carbocycles. The first kappa shape index (κ1) is 15.9. The van der Waals surface area contributed by atoms with E-state index in [-0.39, 0.29) is 5.91 Å². The topological polar surface area (TPSA) is 55.6 Å². The monoisotopic (exact) mass is 332 g/mol. The molecule has 23 heavy (non-hydrogen) atoms. The van der Waals surface area contributed by atoms with Crippen LogP contribution in [-0.4, -0.2) is 40.6 Å². The van der Waals surface area contributed by atoms with E-state index in [2.05, 4.69) is 5.16 Å². The number of rotatable bonds is 4. The number of amides is 1. The van der Waals surface area contributed by atoms with Gasteiger partial charge in [-0.3, -0.25) is 4.79 Å². The van der Waals surface area contributed by atoms with Gasteiger partial charge < -0.3 is 14.2 Å². The van der Waals surface area contributed by atoms with Crippen molar-refractivity contribution >= 4 is 17.7 Å². The van der Waals surface area contributed by atoms with Gasteiger partial charge in [0.2, 0.25) is 0 Å². The van der Waals surface area contributed by atoms with E-state index in [1.807, 2.05) is 54.8 Å². The summed E-state index contributed by atoms with van der Waals surface area (Å²) in [6.07, 6.45) is 0. The highest BCUT2D eigenvalue weighted by Crippen LogP contribution is 2.24. The Labute approximate surface area is 140 Å². The number of ether oxygens (including phenoxy) is 1. The van der Waals surface area contributed by atoms with Crippen LogP contribution < -0.4 is 4.74 Å². The molecule has 3 rings (SSSR count). The number of carbonyl (C=O) groups is 1. The SMILES string of the molecule is Cc1noc(C)c1COc1ccccc1C(=O)N1CCSCC1. The standard InChI is InChI=1S/C17H20N2O3S/c1-12-15(13(2)22-18-12)11-21-16-6-4-3-5-14(16)17(20)19-7-9-23-10-8-19/h3-6H,7-11H2,1-2H3. The van der Waals surface area contributed by atoms with Gasteiger partial charge in [-0.15, -0.1) is 0 Å². The first-order valence-electron chi connectivity index (χ1n) is 7.67. The summed E-state index contributed by atoms with van der Waals surface area (Å²) in [5.74, 6) is 3.39. The van der Waals surface area contributed by atoms with E-state index in [1.54, 1.807) is 0 Å². The highest BCUT2D eigenvalue weighted by Gasteiger charge is 2.21. The van der Waals surface area contributed by atoms with Crippen molar-refractivity contribution in [2.24, 2.45) is 0 Å². The van der Waals surface area contributed by atoms with Crippen LogP contribution in [-0.2, 0) is 6.61 Å². The third-order valence-corrected chi connectivity index (χ3v) is 4.91. The maximum absolute atomic E-state index is 12.7. The van der Waals surface area contributed by atoms with Crippen LogP contribution in [0.5, 0.6) is 5.75 Å². The summed E-state index contributed by atoms with van der Waals surface area (Å²) in [4.78, 5) is 14.6. The van der Waals surface area contributed by atoms with Crippen LogP contribution in [0.1, 0.15) is 27.4 Å². The molecule has 122 valence electrons. The molecule has 1 saturated heterocycles. The summed E-state index contributed by atoms with van der Waals surface area (Å²) in [7, 11) is 0. The average molecular weight is 332 g/mol. The highest BCUT2D eigenvalue weighted by atomic mass is 32.2. The number of benzene rings is 1. The summed E-state index contributed by atoms with van der Waals surface area (Å²) < 4.78 is 11.1. The van der Waals surface area contributed by atoms with E-state index >= 15 is 0 Å². The molecule has 2 heterocycles. The van der Waals surface area contributed by atoms with Crippen molar-refractivity contribution in [1.82, 2.24) is 10.1 Å². The van der Waals surface area contributed by atoms with Crippen LogP contribution in [0, 0.1) is 13.8 Å². The Morgan fingerprint density at radius 1 is 1.30 bits per heavy atom. The molecule has 2 aromatic rings. The Balaban J connectivity index is 1.76. The number of aromatic nitrogens is 1. The lowest BCUT2D eigenvalue weighted by Gasteiger charge is -2.27. The number of hydrogen-bond acceptors (Lipinski definition) is 5. The van der Waals surface area contributed by atoms with Crippen LogP contribution in [0.2, 0.25) is 0 Å². The van der Waals surface area contributed by atoms with Gasteiger partial charge >= 0.3 is 0 Å². The average Bonchev–Trinajstić information content (AvgIpc) is 2.92. The maximum atomic E-state index is 12.7. The number of hydrogen-bond donors (Lipinski definition) is 0. The number of aryl methyl sites for hydroxylation is 2. The molecular formula is C17H20N2O3S. The second kappa shape index (κ2) is 7.08. The number of para-hydroxylation sites is 1. The van der Waals surface area contributed by atoms with Crippen LogP contribution in [0.25, 0.3) is 0 Å². The molecule has 0 aliphatic carbocycles. The van der Waals surface area contributed by atoms with Crippen LogP contribution in [0.15, 0.2) is 28.8 Å². The molecule has 1 amide bonds. The lowest BCUT2D eigenvalue weighted by Crippen LogP contribution is -2.38. The molecule has 1 aromatic heterocycles. The molecule has 0 bridgehead atoms. The molecule has 1 aromatic carbocycles. The van der Waals surface area contributed by atoms with Crippen molar-refractivity contribution in [2.45, 2.75) is 20.5 Å². The minimum absolute atomic E-state index is 0.0414. The van der Waals surface area contributed by atoms with Gasteiger partial charge in [-0.2, -0.15) is 11.8 Å². The lowest BCUT2D eigenvalue weighted by atomic mass is 10.1. The normalized spacial score (nSPS) is 14.8. The fourth-order valence-electron chi connectivity index (χ4n) is 2.56. The number of thioether (sulfide) groups is 1. The van der Waals surface area contributed by atoms with Crippen molar-refractivity contribution < 1.29 is 14.1 Å². The number of nitrogens with zero attached hydrogens (tertiary/aromatic N) is 2. The minimum Gasteiger partial charge on any atom is -0.488 e. The Morgan fingerprint density at radius 3 is 2.74 bits per heavy atom. The van der Waals surface area contributed by atoms with Gasteiger partial charge in [0.25, 0.3) is 5.91 Å². The van der Waals surface area contributed by atoms with Crippen LogP contribution in [0.3, 0.4) is 0 Å². The van der Waals surface area contributed by atoms with Gasteiger partial charge in [0.05, 0.1) is 16.8 Å². The first-order valence-corrected chi connectivity index (χ1v) is 8.83. The Hall–Kier alpha value is -1.95. The summed E-state index contributed by atoms with van der Waals surface area (Å²) in [6, 6.07) is 7.41. The lowest BCUT2D eigenvalue weighted by molar-refractivity contribution is 0.0767. The van der Waals surface area contributed by atoms with Gasteiger partial charge in [0.1, 0.15) is 18.1 Å². The van der Waals surface area contributed by atoms with Crippen molar-refractivity contribution in [3.8, 4) is 5.75 Å². The predicted octanol–water partition coefficient (Wildman–Crippen LogP) is 3.06. The quantitative estimate of drug-likeness (QED) is 0.861. The van der Waals surface area contributed by atoms with E-state index in [9.17, 15) is 4.79 Å². The fourth-order valence-corrected chi connectivity index (χ4v) is 3.47. The second-order valence-corrected chi connectivity index (χ2v) is 6.72. The van der Waals surface area contributed by atoms with Gasteiger partial charge in [-0.1, -0.05) is 17.3 Å². The van der Waals surface area contributed by atoms with Gasteiger partial charge in [0.15, 0.2) is 0 Å². The molecule has 0 spiro atoms. The number of carbonyl (C=O) groups excluding carboxylic acids is 1. The zero-order valence-corrected chi connectivity index (χ0v) is 14.2. The Bertz CT molecular complexity index is 673. The highest BCUT2D eigenvalue weighted by molar-refractivity contribution is 7.99. The Kier molecular flexibility index (Phi) is 4.91. The van der Waals surface area contributed by atoms with E-state index in [0.717, 1.165) is 41.6 Å². The molecule has 0 radical (unpaired) electrons. The molecule has 1 aliphatic rings. The summed E-state index contributed by atoms with van der Waals surface area (Å²) >= 11 is 1.88. The molecule has 6 heteroatoms. The largest absolute Gasteiger partial charge is 0.488 e. The van der Waals surface area contributed by atoms with Crippen molar-refractivity contribution in [2.75, 3.05) is 24.6 Å². The maximum Gasteiger partial charge on any atom is 0.257 e. The molecule has 1 fully saturated rings. The van der Waals surface area contributed by atoms with Crippen molar-refractivity contribution in [3.63, 3.8) is 0 Å². The van der Waals surface area contributed by atoms with E-state index in [1.165, 1.54) is 0 Å². The van der Waals surface area contributed by atoms with Crippen molar-refractivity contribution in [1.29, 1.82) is 0 Å². The molecule has 0 atom stereocenters. The summed E-state index contributed by atoms with van der Waals surface area (Å²) in [5.41, 5.74) is 2.37. The molecule has 5 nitrogen and oxygen atoms in total. The fraction of sp³-hybridized carbons (Fsp3) is 0.412.